The van der Waals surface area contributed by atoms with Gasteiger partial charge in [-0.15, -0.1) is 0 Å². The number of hydrogen-bond donors (Lipinski definition) is 2. The quantitative estimate of drug-likeness (QED) is 0.757. The second kappa shape index (κ2) is 8.83. The van der Waals surface area contributed by atoms with Gasteiger partial charge in [-0.25, -0.2) is 0 Å². The van der Waals surface area contributed by atoms with Gasteiger partial charge in [0.05, 0.1) is 0 Å². The van der Waals surface area contributed by atoms with Crippen molar-refractivity contribution in [2.75, 3.05) is 11.9 Å². The van der Waals surface area contributed by atoms with Crippen molar-refractivity contribution in [2.45, 2.75) is 59.8 Å². The zero-order chi connectivity index (χ0) is 15.8. The van der Waals surface area contributed by atoms with Crippen molar-refractivity contribution in [3.8, 4) is 0 Å². The Kier molecular flexibility index (Phi) is 7.44. The molecule has 118 valence electrons. The summed E-state index contributed by atoms with van der Waals surface area (Å²) in [5.41, 5.74) is 10.1. The van der Waals surface area contributed by atoms with E-state index in [0.717, 1.165) is 42.5 Å². The number of hydrogen-bond acceptors (Lipinski definition) is 2. The van der Waals surface area contributed by atoms with E-state index in [1.54, 1.807) is 0 Å². The normalized spacial score (nSPS) is 12.2. The molecule has 1 atom stereocenters. The number of carbonyl (C=O) groups is 1. The maximum absolute atomic E-state index is 12.2. The summed E-state index contributed by atoms with van der Waals surface area (Å²) in [6.45, 7) is 9.06. The molecule has 0 saturated carbocycles. The zero-order valence-corrected chi connectivity index (χ0v) is 14.0. The second-order valence-corrected chi connectivity index (χ2v) is 6.09. The first-order chi connectivity index (χ1) is 9.97. The number of benzene rings is 1. The van der Waals surface area contributed by atoms with Gasteiger partial charge in [0.1, 0.15) is 0 Å². The van der Waals surface area contributed by atoms with Crippen LogP contribution < -0.4 is 11.1 Å². The van der Waals surface area contributed by atoms with E-state index in [1.807, 2.05) is 13.8 Å². The first-order valence-corrected chi connectivity index (χ1v) is 8.05. The molecule has 3 heteroatoms. The molecule has 1 unspecified atom stereocenters. The highest BCUT2D eigenvalue weighted by atomic mass is 16.1. The van der Waals surface area contributed by atoms with E-state index < -0.39 is 0 Å². The number of nitrogens with two attached hydrogens (primary N) is 1. The molecular formula is C18H30N2O. The summed E-state index contributed by atoms with van der Waals surface area (Å²) >= 11 is 0. The number of nitrogens with one attached hydrogen (secondary N) is 1. The monoisotopic (exact) mass is 290 g/mol. The fourth-order valence-corrected chi connectivity index (χ4v) is 2.99. The highest BCUT2D eigenvalue weighted by molar-refractivity contribution is 5.92. The highest BCUT2D eigenvalue weighted by Gasteiger charge is 2.12. The van der Waals surface area contributed by atoms with Crippen LogP contribution in [0.2, 0.25) is 0 Å². The first kappa shape index (κ1) is 17.7. The van der Waals surface area contributed by atoms with Crippen molar-refractivity contribution in [1.82, 2.24) is 0 Å². The van der Waals surface area contributed by atoms with Gasteiger partial charge in [-0.1, -0.05) is 37.5 Å². The number of carbonyl (C=O) groups excluding carboxylic acids is 1. The lowest BCUT2D eigenvalue weighted by Gasteiger charge is -2.16. The van der Waals surface area contributed by atoms with Gasteiger partial charge < -0.3 is 11.1 Å². The summed E-state index contributed by atoms with van der Waals surface area (Å²) in [6, 6.07) is 4.22. The maximum atomic E-state index is 12.2. The third-order valence-electron chi connectivity index (χ3n) is 3.99. The van der Waals surface area contributed by atoms with Gasteiger partial charge in [0, 0.05) is 12.1 Å². The molecule has 0 heterocycles. The Morgan fingerprint density at radius 3 is 2.29 bits per heavy atom. The standard InChI is InChI=1S/C18H30N2O/c1-5-6-16(9-10-19)7-8-17(21)20-18-14(3)11-13(2)12-15(18)4/h11-12,16H,5-10,19H2,1-4H3,(H,20,21). The van der Waals surface area contributed by atoms with Crippen LogP contribution in [0.3, 0.4) is 0 Å². The smallest absolute Gasteiger partial charge is 0.224 e. The van der Waals surface area contributed by atoms with Crippen LogP contribution in [-0.4, -0.2) is 12.5 Å². The molecule has 0 radical (unpaired) electrons. The zero-order valence-electron chi connectivity index (χ0n) is 14.0. The van der Waals surface area contributed by atoms with E-state index in [9.17, 15) is 4.79 Å². The molecule has 0 fully saturated rings. The molecule has 0 aliphatic rings. The van der Waals surface area contributed by atoms with E-state index in [1.165, 1.54) is 5.56 Å². The molecule has 1 rings (SSSR count). The van der Waals surface area contributed by atoms with E-state index in [2.05, 4.69) is 31.3 Å². The Balaban J connectivity index is 2.57. The van der Waals surface area contributed by atoms with Crippen LogP contribution >= 0.6 is 0 Å². The van der Waals surface area contributed by atoms with Gasteiger partial charge in [0.15, 0.2) is 0 Å². The van der Waals surface area contributed by atoms with Gasteiger partial charge in [0.25, 0.3) is 0 Å². The van der Waals surface area contributed by atoms with Crippen LogP contribution in [0.5, 0.6) is 0 Å². The van der Waals surface area contributed by atoms with Crippen LogP contribution in [0, 0.1) is 26.7 Å². The number of anilines is 1. The van der Waals surface area contributed by atoms with Gasteiger partial charge >= 0.3 is 0 Å². The third kappa shape index (κ3) is 5.88. The Morgan fingerprint density at radius 1 is 1.14 bits per heavy atom. The van der Waals surface area contributed by atoms with Crippen molar-refractivity contribution in [1.29, 1.82) is 0 Å². The van der Waals surface area contributed by atoms with Gasteiger partial charge in [-0.2, -0.15) is 0 Å². The maximum Gasteiger partial charge on any atom is 0.224 e. The summed E-state index contributed by atoms with van der Waals surface area (Å²) in [5, 5.41) is 3.08. The molecule has 0 aromatic heterocycles. The predicted molar refractivity (Wildman–Crippen MR) is 90.6 cm³/mol. The molecule has 3 nitrogen and oxygen atoms in total. The van der Waals surface area contributed by atoms with E-state index in [0.29, 0.717) is 18.9 Å². The summed E-state index contributed by atoms with van der Waals surface area (Å²) in [6.07, 6.45) is 4.84. The molecule has 0 bridgehead atoms. The topological polar surface area (TPSA) is 55.1 Å². The van der Waals surface area contributed by atoms with Crippen molar-refractivity contribution < 1.29 is 4.79 Å². The second-order valence-electron chi connectivity index (χ2n) is 6.09. The Morgan fingerprint density at radius 2 is 1.76 bits per heavy atom. The van der Waals surface area contributed by atoms with Crippen LogP contribution in [0.1, 0.15) is 55.7 Å². The lowest BCUT2D eigenvalue weighted by atomic mass is 9.94. The minimum atomic E-state index is 0.114. The van der Waals surface area contributed by atoms with E-state index in [-0.39, 0.29) is 5.91 Å². The average Bonchev–Trinajstić information content (AvgIpc) is 2.40. The Bertz CT molecular complexity index is 439. The Hall–Kier alpha value is -1.35. The first-order valence-electron chi connectivity index (χ1n) is 8.05. The fourth-order valence-electron chi connectivity index (χ4n) is 2.99. The SMILES string of the molecule is CCCC(CCN)CCC(=O)Nc1c(C)cc(C)cc1C. The lowest BCUT2D eigenvalue weighted by Crippen LogP contribution is -2.16. The highest BCUT2D eigenvalue weighted by Crippen LogP contribution is 2.23. The van der Waals surface area contributed by atoms with Crippen LogP contribution in [0.15, 0.2) is 12.1 Å². The number of amides is 1. The number of aryl methyl sites for hydroxylation is 3. The molecule has 21 heavy (non-hydrogen) atoms. The molecule has 1 aromatic rings. The van der Waals surface area contributed by atoms with E-state index in [4.69, 9.17) is 5.73 Å². The average molecular weight is 290 g/mol. The van der Waals surface area contributed by atoms with Crippen molar-refractivity contribution in [3.63, 3.8) is 0 Å². The molecule has 0 spiro atoms. The summed E-state index contributed by atoms with van der Waals surface area (Å²) in [5.74, 6) is 0.689. The molecule has 0 aliphatic carbocycles. The molecule has 0 saturated heterocycles. The van der Waals surface area contributed by atoms with Gasteiger partial charge in [-0.05, 0) is 57.2 Å². The molecule has 1 aromatic carbocycles. The largest absolute Gasteiger partial charge is 0.330 e. The van der Waals surface area contributed by atoms with Crippen LogP contribution in [0.4, 0.5) is 5.69 Å². The minimum Gasteiger partial charge on any atom is -0.330 e. The minimum absolute atomic E-state index is 0.114. The Labute approximate surface area is 129 Å². The molecular weight excluding hydrogens is 260 g/mol. The predicted octanol–water partition coefficient (Wildman–Crippen LogP) is 4.10. The van der Waals surface area contributed by atoms with E-state index >= 15 is 0 Å². The summed E-state index contributed by atoms with van der Waals surface area (Å²) in [7, 11) is 0. The van der Waals surface area contributed by atoms with Gasteiger partial charge in [0.2, 0.25) is 5.91 Å². The number of rotatable bonds is 8. The van der Waals surface area contributed by atoms with Crippen LogP contribution in [-0.2, 0) is 4.79 Å². The molecule has 0 aliphatic heterocycles. The van der Waals surface area contributed by atoms with Crippen molar-refractivity contribution in [3.05, 3.63) is 28.8 Å². The fraction of sp³-hybridized carbons (Fsp3) is 0.611. The van der Waals surface area contributed by atoms with Crippen molar-refractivity contribution >= 4 is 11.6 Å². The van der Waals surface area contributed by atoms with Gasteiger partial charge in [-0.3, -0.25) is 4.79 Å². The van der Waals surface area contributed by atoms with Crippen LogP contribution in [0.25, 0.3) is 0 Å². The lowest BCUT2D eigenvalue weighted by molar-refractivity contribution is -0.116. The van der Waals surface area contributed by atoms with Crippen molar-refractivity contribution in [2.24, 2.45) is 11.7 Å². The molecule has 3 N–H and O–H groups in total. The summed E-state index contributed by atoms with van der Waals surface area (Å²) < 4.78 is 0. The molecule has 1 amide bonds. The third-order valence-corrected chi connectivity index (χ3v) is 3.99. The summed E-state index contributed by atoms with van der Waals surface area (Å²) in [4.78, 5) is 12.2.